The molecule has 0 saturated carbocycles. The first-order chi connectivity index (χ1) is 8.80. The number of nitrogens with one attached hydrogen (secondary N) is 1. The van der Waals surface area contributed by atoms with E-state index in [1.165, 1.54) is 0 Å². The summed E-state index contributed by atoms with van der Waals surface area (Å²) >= 11 is 0. The summed E-state index contributed by atoms with van der Waals surface area (Å²) in [5, 5.41) is 3.25. The Morgan fingerprint density at radius 2 is 1.79 bits per heavy atom. The number of amides is 1. The number of hydrogen-bond donors (Lipinski definition) is 2. The van der Waals surface area contributed by atoms with Gasteiger partial charge in [-0.2, -0.15) is 0 Å². The molecular formula is C15H33N3O. The molecule has 0 aromatic carbocycles. The highest BCUT2D eigenvalue weighted by Crippen LogP contribution is 2.16. The average Bonchev–Trinajstić information content (AvgIpc) is 2.29. The van der Waals surface area contributed by atoms with Crippen molar-refractivity contribution in [3.8, 4) is 0 Å². The molecule has 0 spiro atoms. The summed E-state index contributed by atoms with van der Waals surface area (Å²) in [6, 6.07) is 0.514. The Labute approximate surface area is 119 Å². The molecule has 0 heterocycles. The molecule has 0 aromatic rings. The number of primary amides is 1. The van der Waals surface area contributed by atoms with E-state index in [0.717, 1.165) is 25.9 Å². The minimum Gasteiger partial charge on any atom is -0.368 e. The summed E-state index contributed by atoms with van der Waals surface area (Å²) in [4.78, 5) is 14.2. The standard InChI is InChI=1S/C15H33N3O/c1-7-13(8-2)18(10-12(4)5)11-15(6,14(16)19)17-9-3/h12-13,17H,7-11H2,1-6H3,(H2,16,19). The maximum absolute atomic E-state index is 11.8. The summed E-state index contributed by atoms with van der Waals surface area (Å²) in [7, 11) is 0. The fourth-order valence-electron chi connectivity index (χ4n) is 2.63. The topological polar surface area (TPSA) is 58.4 Å². The first-order valence-corrected chi connectivity index (χ1v) is 7.59. The van der Waals surface area contributed by atoms with Crippen LogP contribution >= 0.6 is 0 Å². The molecule has 0 saturated heterocycles. The Morgan fingerprint density at radius 1 is 1.26 bits per heavy atom. The number of hydrogen-bond acceptors (Lipinski definition) is 3. The number of nitrogens with two attached hydrogens (primary N) is 1. The van der Waals surface area contributed by atoms with Crippen LogP contribution in [0.4, 0.5) is 0 Å². The lowest BCUT2D eigenvalue weighted by molar-refractivity contribution is -0.125. The number of likely N-dealkylation sites (N-methyl/N-ethyl adjacent to an activating group) is 1. The predicted octanol–water partition coefficient (Wildman–Crippen LogP) is 1.99. The van der Waals surface area contributed by atoms with E-state index in [4.69, 9.17) is 5.73 Å². The molecule has 1 unspecified atom stereocenters. The lowest BCUT2D eigenvalue weighted by atomic mass is 9.97. The summed E-state index contributed by atoms with van der Waals surface area (Å²) in [6.07, 6.45) is 2.20. The van der Waals surface area contributed by atoms with Crippen molar-refractivity contribution in [1.82, 2.24) is 10.2 Å². The Kier molecular flexibility index (Phi) is 8.26. The third-order valence-corrected chi connectivity index (χ3v) is 3.69. The van der Waals surface area contributed by atoms with E-state index in [0.29, 0.717) is 18.5 Å². The van der Waals surface area contributed by atoms with E-state index in [1.807, 2.05) is 13.8 Å². The second-order valence-corrected chi connectivity index (χ2v) is 6.02. The molecule has 19 heavy (non-hydrogen) atoms. The highest BCUT2D eigenvalue weighted by molar-refractivity contribution is 5.84. The van der Waals surface area contributed by atoms with Crippen molar-refractivity contribution >= 4 is 5.91 Å². The van der Waals surface area contributed by atoms with Crippen molar-refractivity contribution in [1.29, 1.82) is 0 Å². The van der Waals surface area contributed by atoms with Gasteiger partial charge in [-0.1, -0.05) is 34.6 Å². The second kappa shape index (κ2) is 8.54. The Morgan fingerprint density at radius 3 is 2.11 bits per heavy atom. The van der Waals surface area contributed by atoms with Crippen LogP contribution in [0.5, 0.6) is 0 Å². The van der Waals surface area contributed by atoms with E-state index in [9.17, 15) is 4.79 Å². The molecule has 4 nitrogen and oxygen atoms in total. The number of carbonyl (C=O) groups excluding carboxylic acids is 1. The first kappa shape index (κ1) is 18.4. The molecule has 0 aromatic heterocycles. The van der Waals surface area contributed by atoms with Crippen molar-refractivity contribution in [2.24, 2.45) is 11.7 Å². The van der Waals surface area contributed by atoms with Gasteiger partial charge < -0.3 is 11.1 Å². The largest absolute Gasteiger partial charge is 0.368 e. The van der Waals surface area contributed by atoms with Crippen LogP contribution in [0.2, 0.25) is 0 Å². The maximum Gasteiger partial charge on any atom is 0.238 e. The number of rotatable bonds is 10. The van der Waals surface area contributed by atoms with Crippen LogP contribution in [0.15, 0.2) is 0 Å². The van der Waals surface area contributed by atoms with Gasteiger partial charge in [0.25, 0.3) is 0 Å². The third-order valence-electron chi connectivity index (χ3n) is 3.69. The van der Waals surface area contributed by atoms with Gasteiger partial charge in [-0.3, -0.25) is 9.69 Å². The zero-order valence-corrected chi connectivity index (χ0v) is 13.6. The SMILES string of the molecule is CCNC(C)(CN(CC(C)C)C(CC)CC)C(N)=O. The summed E-state index contributed by atoms with van der Waals surface area (Å²) < 4.78 is 0. The van der Waals surface area contributed by atoms with Gasteiger partial charge in [0.05, 0.1) is 0 Å². The van der Waals surface area contributed by atoms with E-state index in [1.54, 1.807) is 0 Å². The van der Waals surface area contributed by atoms with Gasteiger partial charge in [-0.15, -0.1) is 0 Å². The van der Waals surface area contributed by atoms with Crippen molar-refractivity contribution in [3.63, 3.8) is 0 Å². The van der Waals surface area contributed by atoms with Gasteiger partial charge in [0.15, 0.2) is 0 Å². The number of carbonyl (C=O) groups is 1. The molecular weight excluding hydrogens is 238 g/mol. The normalized spacial score (nSPS) is 15.2. The molecule has 0 aliphatic heterocycles. The lowest BCUT2D eigenvalue weighted by Crippen LogP contribution is -2.61. The van der Waals surface area contributed by atoms with Gasteiger partial charge in [0.2, 0.25) is 5.91 Å². The van der Waals surface area contributed by atoms with Gasteiger partial charge in [-0.05, 0) is 32.2 Å². The van der Waals surface area contributed by atoms with Gasteiger partial charge in [0, 0.05) is 19.1 Å². The highest BCUT2D eigenvalue weighted by atomic mass is 16.1. The predicted molar refractivity (Wildman–Crippen MR) is 82.1 cm³/mol. The van der Waals surface area contributed by atoms with Crippen LogP contribution in [-0.4, -0.2) is 42.0 Å². The monoisotopic (exact) mass is 271 g/mol. The molecule has 1 amide bonds. The molecule has 0 bridgehead atoms. The van der Waals surface area contributed by atoms with Crippen LogP contribution in [0, 0.1) is 5.92 Å². The zero-order chi connectivity index (χ0) is 15.1. The quantitative estimate of drug-likeness (QED) is 0.639. The minimum absolute atomic E-state index is 0.269. The minimum atomic E-state index is -0.647. The van der Waals surface area contributed by atoms with Crippen LogP contribution in [0.25, 0.3) is 0 Å². The van der Waals surface area contributed by atoms with Crippen LogP contribution in [0.3, 0.4) is 0 Å². The molecule has 0 fully saturated rings. The van der Waals surface area contributed by atoms with E-state index >= 15 is 0 Å². The summed E-state index contributed by atoms with van der Waals surface area (Å²) in [5.41, 5.74) is 4.94. The van der Waals surface area contributed by atoms with E-state index in [2.05, 4.69) is 37.9 Å². The van der Waals surface area contributed by atoms with Crippen LogP contribution in [-0.2, 0) is 4.79 Å². The van der Waals surface area contributed by atoms with Gasteiger partial charge >= 0.3 is 0 Å². The van der Waals surface area contributed by atoms with E-state index in [-0.39, 0.29) is 5.91 Å². The highest BCUT2D eigenvalue weighted by Gasteiger charge is 2.34. The van der Waals surface area contributed by atoms with Crippen LogP contribution < -0.4 is 11.1 Å². The zero-order valence-electron chi connectivity index (χ0n) is 13.6. The molecule has 3 N–H and O–H groups in total. The molecule has 4 heteroatoms. The fourth-order valence-corrected chi connectivity index (χ4v) is 2.63. The Bertz CT molecular complexity index is 264. The molecule has 0 radical (unpaired) electrons. The Hall–Kier alpha value is -0.610. The first-order valence-electron chi connectivity index (χ1n) is 7.59. The van der Waals surface area contributed by atoms with Crippen molar-refractivity contribution in [2.75, 3.05) is 19.6 Å². The molecule has 0 rings (SSSR count). The summed E-state index contributed by atoms with van der Waals surface area (Å²) in [5.74, 6) is 0.313. The molecule has 114 valence electrons. The smallest absolute Gasteiger partial charge is 0.238 e. The molecule has 1 atom stereocenters. The van der Waals surface area contributed by atoms with Gasteiger partial charge in [0.1, 0.15) is 5.54 Å². The maximum atomic E-state index is 11.8. The van der Waals surface area contributed by atoms with Crippen LogP contribution in [0.1, 0.15) is 54.4 Å². The lowest BCUT2D eigenvalue weighted by Gasteiger charge is -2.38. The van der Waals surface area contributed by atoms with E-state index < -0.39 is 5.54 Å². The molecule has 0 aliphatic carbocycles. The number of nitrogens with zero attached hydrogens (tertiary/aromatic N) is 1. The van der Waals surface area contributed by atoms with Gasteiger partial charge in [-0.25, -0.2) is 0 Å². The third kappa shape index (κ3) is 5.91. The van der Waals surface area contributed by atoms with Crippen molar-refractivity contribution < 1.29 is 4.79 Å². The Balaban J connectivity index is 4.99. The summed E-state index contributed by atoms with van der Waals surface area (Å²) in [6.45, 7) is 15.2. The average molecular weight is 271 g/mol. The fraction of sp³-hybridized carbons (Fsp3) is 0.933. The molecule has 0 aliphatic rings. The second-order valence-electron chi connectivity index (χ2n) is 6.02. The van der Waals surface area contributed by atoms with Crippen molar-refractivity contribution in [3.05, 3.63) is 0 Å². The van der Waals surface area contributed by atoms with Crippen molar-refractivity contribution in [2.45, 2.75) is 66.0 Å².